The molecule has 0 atom stereocenters. The molecule has 1 N–H and O–H groups in total. The fourth-order valence-corrected chi connectivity index (χ4v) is 2.77. The van der Waals surface area contributed by atoms with Crippen LogP contribution in [0.3, 0.4) is 0 Å². The van der Waals surface area contributed by atoms with E-state index in [1.807, 2.05) is 11.7 Å². The molecule has 124 valence electrons. The highest BCUT2D eigenvalue weighted by Crippen LogP contribution is 2.28. The van der Waals surface area contributed by atoms with Crippen molar-refractivity contribution in [3.63, 3.8) is 0 Å². The van der Waals surface area contributed by atoms with Gasteiger partial charge in [-0.15, -0.1) is 12.4 Å². The maximum absolute atomic E-state index is 4.79. The van der Waals surface area contributed by atoms with Crippen molar-refractivity contribution in [3.05, 3.63) is 36.3 Å². The Labute approximate surface area is 143 Å². The van der Waals surface area contributed by atoms with Crippen LogP contribution in [0.1, 0.15) is 26.6 Å². The predicted octanol–water partition coefficient (Wildman–Crippen LogP) is 3.33. The van der Waals surface area contributed by atoms with Crippen LogP contribution in [0.15, 0.2) is 30.5 Å². The lowest BCUT2D eigenvalue weighted by molar-refractivity contribution is 0.339. The highest BCUT2D eigenvalue weighted by Gasteiger charge is 2.22. The lowest BCUT2D eigenvalue weighted by Crippen LogP contribution is -2.27. The summed E-state index contributed by atoms with van der Waals surface area (Å²) in [4.78, 5) is 4.78. The van der Waals surface area contributed by atoms with Crippen molar-refractivity contribution >= 4 is 23.3 Å². The summed E-state index contributed by atoms with van der Waals surface area (Å²) < 4.78 is 4.13. The molecule has 0 fully saturated rings. The molecule has 6 heteroatoms. The van der Waals surface area contributed by atoms with Gasteiger partial charge in [0.15, 0.2) is 5.82 Å². The SMILES string of the molecule is CNCc1nc(-c2cccc3c2ccn3C)nn1C(C)(C)C.Cl. The molecule has 0 aliphatic rings. The number of fused-ring (bicyclic) bond motifs is 1. The van der Waals surface area contributed by atoms with Crippen molar-refractivity contribution in [2.75, 3.05) is 7.05 Å². The van der Waals surface area contributed by atoms with E-state index in [4.69, 9.17) is 10.1 Å². The molecule has 0 radical (unpaired) electrons. The summed E-state index contributed by atoms with van der Waals surface area (Å²) >= 11 is 0. The first-order valence-corrected chi connectivity index (χ1v) is 7.57. The van der Waals surface area contributed by atoms with Gasteiger partial charge in [0.2, 0.25) is 0 Å². The van der Waals surface area contributed by atoms with Gasteiger partial charge in [0.05, 0.1) is 12.1 Å². The molecule has 1 aromatic carbocycles. The van der Waals surface area contributed by atoms with Gasteiger partial charge in [0.1, 0.15) is 5.82 Å². The first kappa shape index (κ1) is 17.5. The summed E-state index contributed by atoms with van der Waals surface area (Å²) in [5.41, 5.74) is 2.18. The summed E-state index contributed by atoms with van der Waals surface area (Å²) in [6.07, 6.45) is 2.07. The molecule has 3 rings (SSSR count). The maximum atomic E-state index is 4.79. The van der Waals surface area contributed by atoms with Crippen LogP contribution in [0.5, 0.6) is 0 Å². The number of hydrogen-bond acceptors (Lipinski definition) is 3. The molecular formula is C17H24ClN5. The van der Waals surface area contributed by atoms with Gasteiger partial charge in [-0.1, -0.05) is 12.1 Å². The Morgan fingerprint density at radius 2 is 1.91 bits per heavy atom. The fourth-order valence-electron chi connectivity index (χ4n) is 2.77. The largest absolute Gasteiger partial charge is 0.351 e. The zero-order chi connectivity index (χ0) is 15.9. The smallest absolute Gasteiger partial charge is 0.182 e. The molecule has 23 heavy (non-hydrogen) atoms. The Bertz CT molecular complexity index is 810. The van der Waals surface area contributed by atoms with E-state index in [0.29, 0.717) is 6.54 Å². The molecule has 0 unspecified atom stereocenters. The van der Waals surface area contributed by atoms with Crippen LogP contribution in [0.25, 0.3) is 22.3 Å². The van der Waals surface area contributed by atoms with E-state index < -0.39 is 0 Å². The van der Waals surface area contributed by atoms with E-state index >= 15 is 0 Å². The predicted molar refractivity (Wildman–Crippen MR) is 96.9 cm³/mol. The van der Waals surface area contributed by atoms with E-state index in [1.54, 1.807) is 0 Å². The van der Waals surface area contributed by atoms with Crippen LogP contribution in [0.4, 0.5) is 0 Å². The number of nitrogens with zero attached hydrogens (tertiary/aromatic N) is 4. The number of rotatable bonds is 3. The first-order valence-electron chi connectivity index (χ1n) is 7.57. The Kier molecular flexibility index (Phi) is 4.82. The lowest BCUT2D eigenvalue weighted by atomic mass is 10.1. The molecule has 0 aliphatic carbocycles. The number of benzene rings is 1. The Morgan fingerprint density at radius 3 is 2.57 bits per heavy atom. The van der Waals surface area contributed by atoms with Crippen molar-refractivity contribution in [1.82, 2.24) is 24.6 Å². The molecule has 0 amide bonds. The van der Waals surface area contributed by atoms with Crippen LogP contribution in [-0.2, 0) is 19.1 Å². The minimum Gasteiger partial charge on any atom is -0.351 e. The standard InChI is InChI=1S/C17H23N5.ClH/c1-17(2,3)22-15(11-18-4)19-16(20-22)13-7-6-8-14-12(13)9-10-21(14)5;/h6-10,18H,11H2,1-5H3;1H. The molecule has 2 heterocycles. The van der Waals surface area contributed by atoms with Crippen LogP contribution >= 0.6 is 12.4 Å². The monoisotopic (exact) mass is 333 g/mol. The van der Waals surface area contributed by atoms with Gasteiger partial charge in [0.25, 0.3) is 0 Å². The molecule has 0 aliphatic heterocycles. The molecule has 3 aromatic rings. The molecular weight excluding hydrogens is 310 g/mol. The Hall–Kier alpha value is -1.85. The van der Waals surface area contributed by atoms with Gasteiger partial charge in [-0.05, 0) is 40.0 Å². The average Bonchev–Trinajstić information content (AvgIpc) is 3.03. The summed E-state index contributed by atoms with van der Waals surface area (Å²) in [5.74, 6) is 1.75. The summed E-state index contributed by atoms with van der Waals surface area (Å²) in [6, 6.07) is 8.40. The van der Waals surface area contributed by atoms with E-state index in [9.17, 15) is 0 Å². The Balaban J connectivity index is 0.00000192. The van der Waals surface area contributed by atoms with Gasteiger partial charge in [-0.2, -0.15) is 5.10 Å². The quantitative estimate of drug-likeness (QED) is 0.799. The van der Waals surface area contributed by atoms with Crippen LogP contribution in [-0.4, -0.2) is 26.4 Å². The second-order valence-corrected chi connectivity index (χ2v) is 6.63. The van der Waals surface area contributed by atoms with Gasteiger partial charge >= 0.3 is 0 Å². The number of aromatic nitrogens is 4. The third-order valence-corrected chi connectivity index (χ3v) is 3.81. The highest BCUT2D eigenvalue weighted by atomic mass is 35.5. The minimum atomic E-state index is -0.0952. The van der Waals surface area contributed by atoms with E-state index in [2.05, 4.69) is 68.2 Å². The number of hydrogen-bond donors (Lipinski definition) is 1. The number of nitrogens with one attached hydrogen (secondary N) is 1. The van der Waals surface area contributed by atoms with E-state index in [0.717, 1.165) is 17.2 Å². The van der Waals surface area contributed by atoms with Crippen molar-refractivity contribution in [2.24, 2.45) is 7.05 Å². The molecule has 5 nitrogen and oxygen atoms in total. The molecule has 2 aromatic heterocycles. The summed E-state index contributed by atoms with van der Waals surface area (Å²) in [7, 11) is 3.99. The second-order valence-electron chi connectivity index (χ2n) is 6.63. The lowest BCUT2D eigenvalue weighted by Gasteiger charge is -2.21. The normalized spacial score (nSPS) is 11.7. The van der Waals surface area contributed by atoms with Crippen molar-refractivity contribution < 1.29 is 0 Å². The summed E-state index contributed by atoms with van der Waals surface area (Å²) in [6.45, 7) is 7.14. The fraction of sp³-hybridized carbons (Fsp3) is 0.412. The zero-order valence-electron chi connectivity index (χ0n) is 14.3. The van der Waals surface area contributed by atoms with Crippen LogP contribution in [0, 0.1) is 0 Å². The van der Waals surface area contributed by atoms with Crippen molar-refractivity contribution in [1.29, 1.82) is 0 Å². The minimum absolute atomic E-state index is 0. The topological polar surface area (TPSA) is 47.7 Å². The molecule has 0 bridgehead atoms. The zero-order valence-corrected chi connectivity index (χ0v) is 15.1. The highest BCUT2D eigenvalue weighted by molar-refractivity contribution is 5.93. The van der Waals surface area contributed by atoms with Crippen molar-refractivity contribution in [2.45, 2.75) is 32.9 Å². The van der Waals surface area contributed by atoms with E-state index in [-0.39, 0.29) is 17.9 Å². The van der Waals surface area contributed by atoms with Crippen LogP contribution < -0.4 is 5.32 Å². The third-order valence-electron chi connectivity index (χ3n) is 3.81. The molecule has 0 saturated carbocycles. The Morgan fingerprint density at radius 1 is 1.17 bits per heavy atom. The van der Waals surface area contributed by atoms with Gasteiger partial charge < -0.3 is 9.88 Å². The maximum Gasteiger partial charge on any atom is 0.182 e. The van der Waals surface area contributed by atoms with Gasteiger partial charge in [-0.25, -0.2) is 9.67 Å². The second kappa shape index (κ2) is 6.34. The average molecular weight is 334 g/mol. The number of halogens is 1. The van der Waals surface area contributed by atoms with Crippen LogP contribution in [0.2, 0.25) is 0 Å². The number of aryl methyl sites for hydroxylation is 1. The van der Waals surface area contributed by atoms with Gasteiger partial charge in [-0.3, -0.25) is 0 Å². The molecule has 0 spiro atoms. The molecule has 0 saturated heterocycles. The first-order chi connectivity index (χ1) is 10.4. The van der Waals surface area contributed by atoms with Gasteiger partial charge in [0, 0.05) is 29.7 Å². The third kappa shape index (κ3) is 3.12. The van der Waals surface area contributed by atoms with E-state index in [1.165, 1.54) is 10.9 Å². The summed E-state index contributed by atoms with van der Waals surface area (Å²) in [5, 5.41) is 9.15. The van der Waals surface area contributed by atoms with Crippen molar-refractivity contribution in [3.8, 4) is 11.4 Å².